The van der Waals surface area contributed by atoms with E-state index >= 15 is 0 Å². The lowest BCUT2D eigenvalue weighted by molar-refractivity contribution is -0.133. The van der Waals surface area contributed by atoms with Crippen LogP contribution in [0.15, 0.2) is 18.3 Å². The number of nitrogens with zero attached hydrogens (tertiary/aromatic N) is 3. The third kappa shape index (κ3) is 3.46. The number of hydrogen-bond acceptors (Lipinski definition) is 5. The van der Waals surface area contributed by atoms with Gasteiger partial charge in [-0.05, 0) is 31.4 Å². The summed E-state index contributed by atoms with van der Waals surface area (Å²) in [5, 5.41) is 0. The van der Waals surface area contributed by atoms with Gasteiger partial charge in [-0.3, -0.25) is 4.79 Å². The SMILES string of the molecule is CCOC(=O)c1ccc(N2CCN(C(=O)[C@@H]3C[C@H]3C)CC2)nc1. The first-order valence-corrected chi connectivity index (χ1v) is 8.27. The van der Waals surface area contributed by atoms with Crippen molar-refractivity contribution < 1.29 is 14.3 Å². The van der Waals surface area contributed by atoms with E-state index in [0.717, 1.165) is 38.4 Å². The molecule has 6 nitrogen and oxygen atoms in total. The van der Waals surface area contributed by atoms with Crippen LogP contribution in [0.5, 0.6) is 0 Å². The molecule has 1 aromatic rings. The summed E-state index contributed by atoms with van der Waals surface area (Å²) in [4.78, 5) is 32.3. The predicted octanol–water partition coefficient (Wildman–Crippen LogP) is 1.56. The van der Waals surface area contributed by atoms with Gasteiger partial charge >= 0.3 is 5.97 Å². The number of hydrogen-bond donors (Lipinski definition) is 0. The molecule has 124 valence electrons. The molecule has 0 unspecified atom stereocenters. The predicted molar refractivity (Wildman–Crippen MR) is 86.3 cm³/mol. The number of rotatable bonds is 4. The number of piperazine rings is 1. The molecular formula is C17H23N3O3. The van der Waals surface area contributed by atoms with Crippen LogP contribution in [0.4, 0.5) is 5.82 Å². The summed E-state index contributed by atoms with van der Waals surface area (Å²) in [5.41, 5.74) is 0.465. The Labute approximate surface area is 136 Å². The van der Waals surface area contributed by atoms with Crippen molar-refractivity contribution >= 4 is 17.7 Å². The molecule has 2 atom stereocenters. The standard InChI is InChI=1S/C17H23N3O3/c1-3-23-17(22)13-4-5-15(18-11-13)19-6-8-20(9-7-19)16(21)14-10-12(14)2/h4-5,11-12,14H,3,6-10H2,1-2H3/t12-,14-/m1/s1. The van der Waals surface area contributed by atoms with Crippen molar-refractivity contribution in [3.63, 3.8) is 0 Å². The van der Waals surface area contributed by atoms with Crippen molar-refractivity contribution in [3.8, 4) is 0 Å². The van der Waals surface area contributed by atoms with Crippen LogP contribution in [0.3, 0.4) is 0 Å². The summed E-state index contributed by atoms with van der Waals surface area (Å²) in [6.45, 7) is 7.30. The Morgan fingerprint density at radius 2 is 1.96 bits per heavy atom. The van der Waals surface area contributed by atoms with Crippen LogP contribution in [-0.2, 0) is 9.53 Å². The Bertz CT molecular complexity index is 579. The number of carbonyl (C=O) groups excluding carboxylic acids is 2. The monoisotopic (exact) mass is 317 g/mol. The maximum Gasteiger partial charge on any atom is 0.339 e. The van der Waals surface area contributed by atoms with Crippen LogP contribution >= 0.6 is 0 Å². The van der Waals surface area contributed by atoms with Crippen molar-refractivity contribution in [3.05, 3.63) is 23.9 Å². The summed E-state index contributed by atoms with van der Waals surface area (Å²) in [6.07, 6.45) is 2.59. The fraction of sp³-hybridized carbons (Fsp3) is 0.588. The second-order valence-corrected chi connectivity index (χ2v) is 6.26. The molecule has 0 bridgehead atoms. The van der Waals surface area contributed by atoms with Gasteiger partial charge in [-0.15, -0.1) is 0 Å². The molecule has 1 saturated carbocycles. The number of ether oxygens (including phenoxy) is 1. The zero-order chi connectivity index (χ0) is 16.4. The fourth-order valence-electron chi connectivity index (χ4n) is 2.96. The summed E-state index contributed by atoms with van der Waals surface area (Å²) in [5.74, 6) is 1.61. The van der Waals surface area contributed by atoms with Crippen LogP contribution < -0.4 is 4.90 Å². The van der Waals surface area contributed by atoms with Gasteiger partial charge in [-0.1, -0.05) is 6.92 Å². The summed E-state index contributed by atoms with van der Waals surface area (Å²) < 4.78 is 4.95. The van der Waals surface area contributed by atoms with Gasteiger partial charge in [0, 0.05) is 38.3 Å². The van der Waals surface area contributed by atoms with E-state index in [1.54, 1.807) is 19.2 Å². The first-order chi connectivity index (χ1) is 11.1. The maximum absolute atomic E-state index is 12.2. The zero-order valence-corrected chi connectivity index (χ0v) is 13.7. The lowest BCUT2D eigenvalue weighted by atomic mass is 10.2. The lowest BCUT2D eigenvalue weighted by Crippen LogP contribution is -2.49. The number of anilines is 1. The number of esters is 1. The highest BCUT2D eigenvalue weighted by molar-refractivity contribution is 5.89. The van der Waals surface area contributed by atoms with Crippen molar-refractivity contribution in [1.82, 2.24) is 9.88 Å². The topological polar surface area (TPSA) is 62.7 Å². The van der Waals surface area contributed by atoms with E-state index in [2.05, 4.69) is 16.8 Å². The highest BCUT2D eigenvalue weighted by atomic mass is 16.5. The molecule has 6 heteroatoms. The molecule has 3 rings (SSSR count). The minimum atomic E-state index is -0.347. The fourth-order valence-corrected chi connectivity index (χ4v) is 2.96. The number of aromatic nitrogens is 1. The van der Waals surface area contributed by atoms with Gasteiger partial charge in [0.25, 0.3) is 0 Å². The molecule has 0 N–H and O–H groups in total. The average molecular weight is 317 g/mol. The third-order valence-electron chi connectivity index (χ3n) is 4.60. The quantitative estimate of drug-likeness (QED) is 0.789. The molecule has 1 aromatic heterocycles. The molecule has 1 saturated heterocycles. The Balaban J connectivity index is 1.55. The zero-order valence-electron chi connectivity index (χ0n) is 13.7. The van der Waals surface area contributed by atoms with E-state index in [-0.39, 0.29) is 11.9 Å². The third-order valence-corrected chi connectivity index (χ3v) is 4.60. The molecule has 1 amide bonds. The van der Waals surface area contributed by atoms with Gasteiger partial charge in [-0.2, -0.15) is 0 Å². The summed E-state index contributed by atoms with van der Waals surface area (Å²) in [6, 6.07) is 3.58. The van der Waals surface area contributed by atoms with Crippen LogP contribution in [-0.4, -0.2) is 54.5 Å². The molecule has 0 spiro atoms. The lowest BCUT2D eigenvalue weighted by Gasteiger charge is -2.35. The Morgan fingerprint density at radius 3 is 2.48 bits per heavy atom. The molecule has 0 aromatic carbocycles. The van der Waals surface area contributed by atoms with Crippen molar-refractivity contribution in [1.29, 1.82) is 0 Å². The number of pyridine rings is 1. The van der Waals surface area contributed by atoms with Crippen molar-refractivity contribution in [2.75, 3.05) is 37.7 Å². The van der Waals surface area contributed by atoms with Crippen LogP contribution in [0, 0.1) is 11.8 Å². The van der Waals surface area contributed by atoms with Gasteiger partial charge in [-0.25, -0.2) is 9.78 Å². The minimum absolute atomic E-state index is 0.253. The summed E-state index contributed by atoms with van der Waals surface area (Å²) in [7, 11) is 0. The van der Waals surface area contributed by atoms with E-state index in [1.807, 2.05) is 11.0 Å². The maximum atomic E-state index is 12.2. The normalized spacial score (nSPS) is 23.6. The second kappa shape index (κ2) is 6.56. The smallest absolute Gasteiger partial charge is 0.339 e. The Kier molecular flexibility index (Phi) is 4.50. The number of amides is 1. The van der Waals surface area contributed by atoms with Gasteiger partial charge < -0.3 is 14.5 Å². The number of carbonyl (C=O) groups is 2. The summed E-state index contributed by atoms with van der Waals surface area (Å²) >= 11 is 0. The van der Waals surface area contributed by atoms with E-state index < -0.39 is 0 Å². The first-order valence-electron chi connectivity index (χ1n) is 8.27. The van der Waals surface area contributed by atoms with Gasteiger partial charge in [0.2, 0.25) is 5.91 Å². The van der Waals surface area contributed by atoms with Crippen LogP contribution in [0.2, 0.25) is 0 Å². The second-order valence-electron chi connectivity index (χ2n) is 6.26. The molecule has 2 fully saturated rings. The van der Waals surface area contributed by atoms with Gasteiger partial charge in [0.05, 0.1) is 12.2 Å². The van der Waals surface area contributed by atoms with E-state index in [4.69, 9.17) is 4.74 Å². The van der Waals surface area contributed by atoms with Crippen LogP contribution in [0.1, 0.15) is 30.6 Å². The molecule has 1 aliphatic carbocycles. The molecule has 23 heavy (non-hydrogen) atoms. The van der Waals surface area contributed by atoms with E-state index in [9.17, 15) is 9.59 Å². The van der Waals surface area contributed by atoms with Crippen molar-refractivity contribution in [2.45, 2.75) is 20.3 Å². The Hall–Kier alpha value is -2.11. The molecule has 2 aliphatic rings. The van der Waals surface area contributed by atoms with Gasteiger partial charge in [0.15, 0.2) is 0 Å². The average Bonchev–Trinajstić information content (AvgIpc) is 3.31. The molecular weight excluding hydrogens is 294 g/mol. The van der Waals surface area contributed by atoms with Crippen LogP contribution in [0.25, 0.3) is 0 Å². The Morgan fingerprint density at radius 1 is 1.26 bits per heavy atom. The minimum Gasteiger partial charge on any atom is -0.462 e. The van der Waals surface area contributed by atoms with Crippen molar-refractivity contribution in [2.24, 2.45) is 11.8 Å². The highest BCUT2D eigenvalue weighted by Gasteiger charge is 2.41. The first kappa shape index (κ1) is 15.8. The molecule has 1 aliphatic heterocycles. The molecule has 0 radical (unpaired) electrons. The van der Waals surface area contributed by atoms with E-state index in [1.165, 1.54) is 0 Å². The van der Waals surface area contributed by atoms with Gasteiger partial charge in [0.1, 0.15) is 5.82 Å². The van der Waals surface area contributed by atoms with E-state index in [0.29, 0.717) is 24.0 Å². The molecule has 2 heterocycles. The largest absolute Gasteiger partial charge is 0.462 e. The highest BCUT2D eigenvalue weighted by Crippen LogP contribution is 2.39.